The molecule has 0 bridgehead atoms. The van der Waals surface area contributed by atoms with Crippen LogP contribution in [0.1, 0.15) is 26.2 Å². The first-order valence-electron chi connectivity index (χ1n) is 3.03. The van der Waals surface area contributed by atoms with Gasteiger partial charge in [-0.1, -0.05) is 19.8 Å². The van der Waals surface area contributed by atoms with Crippen LogP contribution in [0.15, 0.2) is 0 Å². The van der Waals surface area contributed by atoms with E-state index < -0.39 is 0 Å². The molecule has 0 atom stereocenters. The van der Waals surface area contributed by atoms with Crippen molar-refractivity contribution in [2.24, 2.45) is 0 Å². The third kappa shape index (κ3) is 5.29. The number of nitrogens with one attached hydrogen (secondary N) is 1. The van der Waals surface area contributed by atoms with Gasteiger partial charge in [-0.25, -0.2) is 0 Å². The minimum Gasteiger partial charge on any atom is -0.324 e. The highest BCUT2D eigenvalue weighted by molar-refractivity contribution is 4.63. The number of hydrogen-bond acceptors (Lipinski definition) is 2. The second-order valence-electron chi connectivity index (χ2n) is 1.75. The van der Waals surface area contributed by atoms with Gasteiger partial charge >= 0.3 is 0 Å². The zero-order valence-corrected chi connectivity index (χ0v) is 5.28. The van der Waals surface area contributed by atoms with E-state index in [9.17, 15) is 0 Å². The predicted molar refractivity (Wildman–Crippen MR) is 33.1 cm³/mol. The van der Waals surface area contributed by atoms with Gasteiger partial charge in [-0.05, 0) is 6.42 Å². The van der Waals surface area contributed by atoms with E-state index in [4.69, 9.17) is 5.26 Å². The Bertz CT molecular complexity index is 73.1. The van der Waals surface area contributed by atoms with Crippen LogP contribution in [-0.2, 0) is 0 Å². The van der Waals surface area contributed by atoms with Crippen molar-refractivity contribution in [3.05, 3.63) is 0 Å². The first-order chi connectivity index (χ1) is 3.91. The number of nitrogens with zero attached hydrogens (tertiary/aromatic N) is 1. The average molecular weight is 112 g/mol. The Morgan fingerprint density at radius 2 is 2.25 bits per heavy atom. The van der Waals surface area contributed by atoms with Crippen LogP contribution in [0.5, 0.6) is 0 Å². The normalized spacial score (nSPS) is 8.00. The second-order valence-corrected chi connectivity index (χ2v) is 1.75. The Kier molecular flexibility index (Phi) is 5.73. The highest BCUT2D eigenvalue weighted by atomic mass is 14.8. The molecule has 0 amide bonds. The third-order valence-electron chi connectivity index (χ3n) is 0.984. The van der Waals surface area contributed by atoms with Gasteiger partial charge in [-0.2, -0.15) is 5.26 Å². The Balaban J connectivity index is 2.65. The molecule has 46 valence electrons. The number of unbranched alkanes of at least 4 members (excludes halogenated alkanes) is 2. The molecule has 2 heteroatoms. The van der Waals surface area contributed by atoms with E-state index in [1.54, 1.807) is 0 Å². The van der Waals surface area contributed by atoms with Crippen LogP contribution in [0.3, 0.4) is 0 Å². The summed E-state index contributed by atoms with van der Waals surface area (Å²) in [6, 6.07) is 0. The van der Waals surface area contributed by atoms with Crippen molar-refractivity contribution in [2.75, 3.05) is 6.54 Å². The molecule has 0 aliphatic carbocycles. The third-order valence-corrected chi connectivity index (χ3v) is 0.984. The Labute approximate surface area is 50.5 Å². The second kappa shape index (κ2) is 6.29. The molecular formula is C6H12N2. The van der Waals surface area contributed by atoms with Gasteiger partial charge in [0.15, 0.2) is 6.19 Å². The summed E-state index contributed by atoms with van der Waals surface area (Å²) < 4.78 is 0. The highest BCUT2D eigenvalue weighted by Crippen LogP contribution is 1.89. The van der Waals surface area contributed by atoms with Crippen LogP contribution in [-0.4, -0.2) is 6.54 Å². The van der Waals surface area contributed by atoms with Crippen LogP contribution < -0.4 is 5.32 Å². The monoisotopic (exact) mass is 112 g/mol. The highest BCUT2D eigenvalue weighted by Gasteiger charge is 1.81. The quantitative estimate of drug-likeness (QED) is 0.337. The predicted octanol–water partition coefficient (Wildman–Crippen LogP) is 1.25. The molecular weight excluding hydrogens is 100 g/mol. The summed E-state index contributed by atoms with van der Waals surface area (Å²) in [7, 11) is 0. The van der Waals surface area contributed by atoms with Gasteiger partial charge in [0, 0.05) is 6.54 Å². The van der Waals surface area contributed by atoms with Gasteiger partial charge in [0.2, 0.25) is 0 Å². The molecule has 0 aromatic heterocycles. The smallest absolute Gasteiger partial charge is 0.176 e. The standard InChI is InChI=1S/C6H12N2/c1-2-3-4-5-8-6-7/h8H,2-5H2,1H3. The van der Waals surface area contributed by atoms with Crippen LogP contribution in [0, 0.1) is 11.5 Å². The minimum absolute atomic E-state index is 0.838. The fourth-order valence-corrected chi connectivity index (χ4v) is 0.519. The van der Waals surface area contributed by atoms with E-state index in [0.29, 0.717) is 0 Å². The summed E-state index contributed by atoms with van der Waals surface area (Å²) in [5.74, 6) is 0. The zero-order chi connectivity index (χ0) is 6.24. The first kappa shape index (κ1) is 7.29. The van der Waals surface area contributed by atoms with Crippen LogP contribution >= 0.6 is 0 Å². The van der Waals surface area contributed by atoms with E-state index in [2.05, 4.69) is 12.2 Å². The van der Waals surface area contributed by atoms with Gasteiger partial charge < -0.3 is 5.32 Å². The Morgan fingerprint density at radius 1 is 1.50 bits per heavy atom. The maximum absolute atomic E-state index is 8.00. The van der Waals surface area contributed by atoms with Gasteiger partial charge in [0.05, 0.1) is 0 Å². The molecule has 0 spiro atoms. The number of nitriles is 1. The maximum Gasteiger partial charge on any atom is 0.176 e. The summed E-state index contributed by atoms with van der Waals surface area (Å²) in [5.41, 5.74) is 0. The summed E-state index contributed by atoms with van der Waals surface area (Å²) in [6.07, 6.45) is 5.42. The summed E-state index contributed by atoms with van der Waals surface area (Å²) >= 11 is 0. The molecule has 0 radical (unpaired) electrons. The van der Waals surface area contributed by atoms with Crippen LogP contribution in [0.2, 0.25) is 0 Å². The molecule has 1 N–H and O–H groups in total. The molecule has 0 heterocycles. The SMILES string of the molecule is CCCCCNC#N. The first-order valence-corrected chi connectivity index (χ1v) is 3.03. The van der Waals surface area contributed by atoms with Crippen molar-refractivity contribution in [3.63, 3.8) is 0 Å². The molecule has 0 aromatic carbocycles. The minimum atomic E-state index is 0.838. The van der Waals surface area contributed by atoms with Crippen molar-refractivity contribution in [1.82, 2.24) is 5.32 Å². The topological polar surface area (TPSA) is 35.8 Å². The number of rotatable bonds is 4. The van der Waals surface area contributed by atoms with Gasteiger partial charge in [0.1, 0.15) is 0 Å². The molecule has 0 aliphatic heterocycles. The van der Waals surface area contributed by atoms with E-state index in [1.165, 1.54) is 12.8 Å². The van der Waals surface area contributed by atoms with Crippen LogP contribution in [0.4, 0.5) is 0 Å². The molecule has 8 heavy (non-hydrogen) atoms. The zero-order valence-electron chi connectivity index (χ0n) is 5.28. The van der Waals surface area contributed by atoms with E-state index in [-0.39, 0.29) is 0 Å². The average Bonchev–Trinajstić information content (AvgIpc) is 1.81. The van der Waals surface area contributed by atoms with Crippen molar-refractivity contribution >= 4 is 0 Å². The van der Waals surface area contributed by atoms with Crippen molar-refractivity contribution < 1.29 is 0 Å². The lowest BCUT2D eigenvalue weighted by molar-refractivity contribution is 0.688. The Morgan fingerprint density at radius 3 is 2.75 bits per heavy atom. The fourth-order valence-electron chi connectivity index (χ4n) is 0.519. The summed E-state index contributed by atoms with van der Waals surface area (Å²) in [5, 5.41) is 10.6. The molecule has 0 fully saturated rings. The molecule has 2 nitrogen and oxygen atoms in total. The lowest BCUT2D eigenvalue weighted by atomic mass is 10.2. The number of hydrogen-bond donors (Lipinski definition) is 1. The molecule has 0 aromatic rings. The van der Waals surface area contributed by atoms with Gasteiger partial charge in [0.25, 0.3) is 0 Å². The van der Waals surface area contributed by atoms with Crippen LogP contribution in [0.25, 0.3) is 0 Å². The maximum atomic E-state index is 8.00. The summed E-state index contributed by atoms with van der Waals surface area (Å²) in [6.45, 7) is 2.98. The van der Waals surface area contributed by atoms with E-state index in [1.807, 2.05) is 6.19 Å². The van der Waals surface area contributed by atoms with Gasteiger partial charge in [-0.3, -0.25) is 0 Å². The largest absolute Gasteiger partial charge is 0.324 e. The van der Waals surface area contributed by atoms with Crippen molar-refractivity contribution in [1.29, 1.82) is 5.26 Å². The fraction of sp³-hybridized carbons (Fsp3) is 0.833. The molecule has 0 unspecified atom stereocenters. The lowest BCUT2D eigenvalue weighted by Gasteiger charge is -1.92. The summed E-state index contributed by atoms with van der Waals surface area (Å²) in [4.78, 5) is 0. The molecule has 0 saturated heterocycles. The van der Waals surface area contributed by atoms with E-state index >= 15 is 0 Å². The van der Waals surface area contributed by atoms with E-state index in [0.717, 1.165) is 13.0 Å². The molecule has 0 aliphatic rings. The Hall–Kier alpha value is -0.710. The van der Waals surface area contributed by atoms with Crippen molar-refractivity contribution in [3.8, 4) is 6.19 Å². The molecule has 0 rings (SSSR count). The van der Waals surface area contributed by atoms with Crippen molar-refractivity contribution in [2.45, 2.75) is 26.2 Å². The lowest BCUT2D eigenvalue weighted by Crippen LogP contribution is -2.05. The molecule has 0 saturated carbocycles. The van der Waals surface area contributed by atoms with Gasteiger partial charge in [-0.15, -0.1) is 0 Å².